The zero-order valence-electron chi connectivity index (χ0n) is 10.8. The average molecular weight is 265 g/mol. The van der Waals surface area contributed by atoms with Gasteiger partial charge in [-0.3, -0.25) is 13.9 Å². The number of imidazole rings is 1. The Morgan fingerprint density at radius 1 is 1.32 bits per heavy atom. The van der Waals surface area contributed by atoms with Crippen molar-refractivity contribution < 1.29 is 5.11 Å². The highest BCUT2D eigenvalue weighted by molar-refractivity contribution is 5.73. The van der Waals surface area contributed by atoms with E-state index in [1.54, 1.807) is 7.05 Å². The van der Waals surface area contributed by atoms with E-state index >= 15 is 0 Å². The van der Waals surface area contributed by atoms with Crippen LogP contribution in [-0.4, -0.2) is 43.4 Å². The molecular formula is C11H15N5O3. The Labute approximate surface area is 107 Å². The van der Waals surface area contributed by atoms with E-state index < -0.39 is 11.2 Å². The number of nitrogens with one attached hydrogen (secondary N) is 1. The maximum atomic E-state index is 12.0. The number of anilines is 1. The van der Waals surface area contributed by atoms with Crippen LogP contribution in [-0.2, 0) is 14.1 Å². The third-order valence-corrected chi connectivity index (χ3v) is 3.55. The first-order chi connectivity index (χ1) is 8.99. The lowest BCUT2D eigenvalue weighted by atomic mass is 10.3. The van der Waals surface area contributed by atoms with Gasteiger partial charge in [0, 0.05) is 27.2 Å². The molecule has 1 saturated heterocycles. The second-order valence-corrected chi connectivity index (χ2v) is 4.85. The molecule has 0 saturated carbocycles. The number of aliphatic hydroxyl groups excluding tert-OH is 1. The van der Waals surface area contributed by atoms with Crippen LogP contribution in [0.2, 0.25) is 0 Å². The molecule has 102 valence electrons. The topological polar surface area (TPSA) is 96.2 Å². The Bertz CT molecular complexity index is 756. The molecular weight excluding hydrogens is 250 g/mol. The van der Waals surface area contributed by atoms with Crippen LogP contribution in [0.5, 0.6) is 0 Å². The molecule has 2 aromatic rings. The standard InChI is InChI=1S/C11H15N5O3/c1-14-8-7(9(18)15(2)11(14)19)12-10(13-8)16-4-3-6(17)5-16/h6,17H,3-5H2,1-2H3,(H,12,13)/t6-/m1/s1. The lowest BCUT2D eigenvalue weighted by Crippen LogP contribution is -2.36. The van der Waals surface area contributed by atoms with Crippen LogP contribution in [0.15, 0.2) is 9.59 Å². The molecule has 1 fully saturated rings. The van der Waals surface area contributed by atoms with Crippen LogP contribution in [0.1, 0.15) is 6.42 Å². The quantitative estimate of drug-likeness (QED) is 0.656. The van der Waals surface area contributed by atoms with Crippen molar-refractivity contribution in [1.82, 2.24) is 19.1 Å². The molecule has 0 unspecified atom stereocenters. The highest BCUT2D eigenvalue weighted by Crippen LogP contribution is 2.18. The largest absolute Gasteiger partial charge is 0.391 e. The van der Waals surface area contributed by atoms with Crippen LogP contribution in [0, 0.1) is 0 Å². The minimum Gasteiger partial charge on any atom is -0.391 e. The van der Waals surface area contributed by atoms with Crippen molar-refractivity contribution in [3.8, 4) is 0 Å². The predicted molar refractivity (Wildman–Crippen MR) is 69.4 cm³/mol. The molecule has 1 atom stereocenters. The maximum absolute atomic E-state index is 12.0. The second-order valence-electron chi connectivity index (χ2n) is 4.85. The van der Waals surface area contributed by atoms with E-state index in [2.05, 4.69) is 9.97 Å². The zero-order valence-corrected chi connectivity index (χ0v) is 10.8. The fourth-order valence-electron chi connectivity index (χ4n) is 2.40. The van der Waals surface area contributed by atoms with Crippen LogP contribution in [0.4, 0.5) is 5.95 Å². The predicted octanol–water partition coefficient (Wildman–Crippen LogP) is -1.47. The number of hydrogen-bond donors (Lipinski definition) is 2. The van der Waals surface area contributed by atoms with Crippen LogP contribution in [0.3, 0.4) is 0 Å². The summed E-state index contributed by atoms with van der Waals surface area (Å²) in [7, 11) is 3.01. The third kappa shape index (κ3) is 1.67. The first kappa shape index (κ1) is 12.0. The minimum absolute atomic E-state index is 0.306. The Kier molecular flexibility index (Phi) is 2.49. The number of aliphatic hydroxyl groups is 1. The number of rotatable bonds is 1. The number of fused-ring (bicyclic) bond motifs is 1. The van der Waals surface area contributed by atoms with Crippen LogP contribution in [0.25, 0.3) is 11.2 Å². The Morgan fingerprint density at radius 2 is 2.05 bits per heavy atom. The van der Waals surface area contributed by atoms with Gasteiger partial charge in [0.2, 0.25) is 5.95 Å². The molecule has 2 aromatic heterocycles. The van der Waals surface area contributed by atoms with Crippen molar-refractivity contribution in [2.45, 2.75) is 12.5 Å². The number of aromatic nitrogens is 4. The molecule has 8 nitrogen and oxygen atoms in total. The molecule has 2 N–H and O–H groups in total. The maximum Gasteiger partial charge on any atom is 0.332 e. The van der Waals surface area contributed by atoms with Gasteiger partial charge in [0.1, 0.15) is 0 Å². The van der Waals surface area contributed by atoms with E-state index in [1.165, 1.54) is 11.6 Å². The summed E-state index contributed by atoms with van der Waals surface area (Å²) in [6.07, 6.45) is 0.299. The molecule has 0 aromatic carbocycles. The Hall–Kier alpha value is -2.09. The summed E-state index contributed by atoms with van der Waals surface area (Å²) in [5, 5.41) is 9.53. The van der Waals surface area contributed by atoms with E-state index in [1.807, 2.05) is 4.90 Å². The van der Waals surface area contributed by atoms with E-state index in [-0.39, 0.29) is 6.10 Å². The lowest BCUT2D eigenvalue weighted by Gasteiger charge is -2.12. The zero-order chi connectivity index (χ0) is 13.7. The summed E-state index contributed by atoms with van der Waals surface area (Å²) in [5.41, 5.74) is -0.154. The number of H-pyrrole nitrogens is 1. The normalized spacial score (nSPS) is 19.5. The fraction of sp³-hybridized carbons (Fsp3) is 0.545. The van der Waals surface area contributed by atoms with Crippen molar-refractivity contribution in [2.24, 2.45) is 14.1 Å². The van der Waals surface area contributed by atoms with Gasteiger partial charge in [0.15, 0.2) is 11.2 Å². The average Bonchev–Trinajstić information content (AvgIpc) is 3.00. The first-order valence-electron chi connectivity index (χ1n) is 6.08. The van der Waals surface area contributed by atoms with E-state index in [0.29, 0.717) is 36.6 Å². The summed E-state index contributed by atoms with van der Waals surface area (Å²) in [4.78, 5) is 32.9. The molecule has 0 bridgehead atoms. The SMILES string of the molecule is Cn1c(=O)c2[nH]c(N3CC[C@@H](O)C3)nc2n(C)c1=O. The molecule has 19 heavy (non-hydrogen) atoms. The molecule has 0 aliphatic carbocycles. The number of aryl methyl sites for hydroxylation is 1. The molecule has 0 radical (unpaired) electrons. The fourth-order valence-corrected chi connectivity index (χ4v) is 2.40. The molecule has 8 heteroatoms. The lowest BCUT2D eigenvalue weighted by molar-refractivity contribution is 0.198. The monoisotopic (exact) mass is 265 g/mol. The molecule has 3 rings (SSSR count). The van der Waals surface area contributed by atoms with Gasteiger partial charge in [0.25, 0.3) is 5.56 Å². The van der Waals surface area contributed by atoms with Crippen molar-refractivity contribution in [1.29, 1.82) is 0 Å². The Balaban J connectivity index is 2.21. The smallest absolute Gasteiger partial charge is 0.332 e. The number of β-amino-alcohol motifs (C(OH)–C–C–N with tert-alkyl or cyclic N) is 1. The third-order valence-electron chi connectivity index (χ3n) is 3.55. The van der Waals surface area contributed by atoms with Crippen molar-refractivity contribution in [2.75, 3.05) is 18.0 Å². The molecule has 1 aliphatic rings. The summed E-state index contributed by atoms with van der Waals surface area (Å²) in [5.74, 6) is 0.518. The Morgan fingerprint density at radius 3 is 2.68 bits per heavy atom. The number of nitrogens with zero attached hydrogens (tertiary/aromatic N) is 4. The molecule has 1 aliphatic heterocycles. The first-order valence-corrected chi connectivity index (χ1v) is 6.08. The van der Waals surface area contributed by atoms with Crippen molar-refractivity contribution >= 4 is 17.1 Å². The second kappa shape index (κ2) is 3.95. The van der Waals surface area contributed by atoms with Gasteiger partial charge in [-0.05, 0) is 6.42 Å². The molecule has 0 amide bonds. The minimum atomic E-state index is -0.406. The van der Waals surface area contributed by atoms with Crippen LogP contribution >= 0.6 is 0 Å². The van der Waals surface area contributed by atoms with Gasteiger partial charge in [-0.1, -0.05) is 0 Å². The van der Waals surface area contributed by atoms with Crippen molar-refractivity contribution in [3.63, 3.8) is 0 Å². The highest BCUT2D eigenvalue weighted by Gasteiger charge is 2.24. The van der Waals surface area contributed by atoms with Crippen molar-refractivity contribution in [3.05, 3.63) is 20.8 Å². The molecule has 3 heterocycles. The van der Waals surface area contributed by atoms with Crippen LogP contribution < -0.4 is 16.1 Å². The van der Waals surface area contributed by atoms with E-state index in [0.717, 1.165) is 4.57 Å². The number of hydrogen-bond acceptors (Lipinski definition) is 5. The van der Waals surface area contributed by atoms with Gasteiger partial charge in [-0.25, -0.2) is 4.79 Å². The van der Waals surface area contributed by atoms with E-state index in [9.17, 15) is 14.7 Å². The number of aromatic amines is 1. The van der Waals surface area contributed by atoms with Gasteiger partial charge in [0.05, 0.1) is 6.10 Å². The summed E-state index contributed by atoms with van der Waals surface area (Å²) >= 11 is 0. The highest BCUT2D eigenvalue weighted by atomic mass is 16.3. The van der Waals surface area contributed by atoms with Gasteiger partial charge in [-0.2, -0.15) is 4.98 Å². The molecule has 0 spiro atoms. The summed E-state index contributed by atoms with van der Waals surface area (Å²) in [6, 6.07) is 0. The van der Waals surface area contributed by atoms with Gasteiger partial charge < -0.3 is 15.0 Å². The summed E-state index contributed by atoms with van der Waals surface area (Å²) < 4.78 is 2.38. The summed E-state index contributed by atoms with van der Waals surface area (Å²) in [6.45, 7) is 1.16. The van der Waals surface area contributed by atoms with Gasteiger partial charge >= 0.3 is 5.69 Å². The van der Waals surface area contributed by atoms with Gasteiger partial charge in [-0.15, -0.1) is 0 Å². The van der Waals surface area contributed by atoms with E-state index in [4.69, 9.17) is 0 Å².